The van der Waals surface area contributed by atoms with Gasteiger partial charge in [-0.05, 0) is 175 Å². The highest BCUT2D eigenvalue weighted by Gasteiger charge is 2.34. The molecular formula is C98H110F14N32O4. The Hall–Kier alpha value is -15.2. The molecule has 0 saturated carbocycles. The minimum absolute atomic E-state index is 0.0668. The summed E-state index contributed by atoms with van der Waals surface area (Å²) in [4.78, 5) is 59.7. The molecule has 784 valence electrons. The predicted molar refractivity (Wildman–Crippen MR) is 540 cm³/mol. The fraction of sp³-hybridized carbons (Fsp3) is 0.347. The largest absolute Gasteiger partial charge is 0.416 e. The van der Waals surface area contributed by atoms with E-state index in [0.29, 0.717) is 100.0 Å². The third kappa shape index (κ3) is 38.0. The molecule has 8 aromatic heterocycles. The quantitative estimate of drug-likeness (QED) is 0.00740. The second-order valence-electron chi connectivity index (χ2n) is 33.7. The summed E-state index contributed by atoms with van der Waals surface area (Å²) in [5, 5.41) is 40.6. The van der Waals surface area contributed by atoms with Crippen LogP contribution in [0.2, 0.25) is 0 Å². The third-order valence-electron chi connectivity index (χ3n) is 21.9. The van der Waals surface area contributed by atoms with Gasteiger partial charge < -0.3 is 61.5 Å². The van der Waals surface area contributed by atoms with E-state index >= 15 is 0 Å². The summed E-state index contributed by atoms with van der Waals surface area (Å²) in [7, 11) is 0. The lowest BCUT2D eigenvalue weighted by Crippen LogP contribution is -2.43. The highest BCUT2D eigenvalue weighted by Crippen LogP contribution is 2.36. The van der Waals surface area contributed by atoms with Crippen LogP contribution in [0, 0.1) is 25.5 Å². The van der Waals surface area contributed by atoms with Crippen LogP contribution in [-0.4, -0.2) is 261 Å². The molecule has 4 fully saturated rings. The minimum atomic E-state index is -4.42. The fourth-order valence-electron chi connectivity index (χ4n) is 14.7. The smallest absolute Gasteiger partial charge is 0.379 e. The number of rotatable bonds is 38. The zero-order valence-corrected chi connectivity index (χ0v) is 80.8. The van der Waals surface area contributed by atoms with E-state index in [2.05, 4.69) is 171 Å². The molecule has 36 nitrogen and oxygen atoms in total. The molecule has 148 heavy (non-hydrogen) atoms. The summed E-state index contributed by atoms with van der Waals surface area (Å²) in [6, 6.07) is 36.9. The van der Waals surface area contributed by atoms with Crippen LogP contribution in [0.3, 0.4) is 0 Å². The van der Waals surface area contributed by atoms with Crippen molar-refractivity contribution in [2.24, 2.45) is 20.4 Å². The zero-order valence-electron chi connectivity index (χ0n) is 80.8. The number of pyridine rings is 4. The summed E-state index contributed by atoms with van der Waals surface area (Å²) in [5.41, 5.74) is 15.0. The minimum Gasteiger partial charge on any atom is -0.379 e. The maximum Gasteiger partial charge on any atom is 0.416 e. The van der Waals surface area contributed by atoms with Crippen LogP contribution >= 0.6 is 0 Å². The van der Waals surface area contributed by atoms with Gasteiger partial charge in [-0.1, -0.05) is 24.3 Å². The van der Waals surface area contributed by atoms with E-state index in [-0.39, 0.29) is 41.4 Å². The first kappa shape index (κ1) is 110. The number of nitrogens with zero attached hydrogens (tertiary/aromatic N) is 20. The van der Waals surface area contributed by atoms with E-state index < -0.39 is 58.6 Å². The maximum absolute atomic E-state index is 14.1. The first-order valence-corrected chi connectivity index (χ1v) is 47.0. The molecule has 0 amide bonds. The highest BCUT2D eigenvalue weighted by atomic mass is 19.4. The van der Waals surface area contributed by atoms with Gasteiger partial charge in [0.1, 0.15) is 11.6 Å². The number of anilines is 16. The Bertz CT molecular complexity index is 6280. The number of benzene rings is 4. The Balaban J connectivity index is 0.000000165. The molecule has 50 heteroatoms. The molecular weight excluding hydrogens is 1960 g/mol. The number of hydrogen-bond acceptors (Lipinski definition) is 36. The average molecular weight is 2070 g/mol. The first-order chi connectivity index (χ1) is 71.2. The van der Waals surface area contributed by atoms with Crippen molar-refractivity contribution >= 4 is 117 Å². The number of alkyl halides is 12. The summed E-state index contributed by atoms with van der Waals surface area (Å²) < 4.78 is 205. The normalized spacial score (nSPS) is 15.6. The van der Waals surface area contributed by atoms with Crippen molar-refractivity contribution < 1.29 is 80.4 Å². The predicted octanol–water partition coefficient (Wildman–Crippen LogP) is 17.7. The second kappa shape index (κ2) is 54.8. The van der Waals surface area contributed by atoms with E-state index in [1.807, 2.05) is 32.9 Å². The lowest BCUT2D eigenvalue weighted by atomic mass is 10.2. The Morgan fingerprint density at radius 2 is 0.628 bits per heavy atom. The van der Waals surface area contributed by atoms with Crippen LogP contribution in [0.15, 0.2) is 215 Å². The van der Waals surface area contributed by atoms with Gasteiger partial charge >= 0.3 is 24.7 Å². The number of hydrogen-bond donors (Lipinski definition) is 12. The van der Waals surface area contributed by atoms with E-state index in [1.165, 1.54) is 86.0 Å². The standard InChI is InChI=1S/2C25H29F3N8O.2C24H26F4N8O/c1-17-12-23(29-8-9-36-10-11-37-18(2)16-36)34-24(32-17)35-31-15-21-6-7-22(14-30-21)33-20-5-3-4-19(13-20)25(26,27)28;1-18-14-23(29-8-3-9-36-10-12-37-13-11-36)34-24(32-18)35-31-17-21-6-7-22(16-30-21)33-20-5-2-4-19(15-20)25(26,27)28;1-16-15-36(9-10-37-16)8-7-29-22-21(25)14-31-23(34-22)35-32-13-19-5-6-20(12-30-19)33-18-4-2-3-17(11-18)24(26,27)28;25-21-16-31-23(34-22(21)29-7-2-8-36-9-11-37-12-10-36)35-32-15-19-5-6-20(14-30-19)33-18-4-1-3-17(13-18)24(26,27)28/h3-7,12-15,18,33H,8-11,16H2,1-2H3,(H2,29,32,34,35);2,4-7,14-17,33H,3,8-13H2,1H3,(H2,29,32,34,35);2-6,11-14,16,33H,7-10,15H2,1H3,(H2,29,31,34,35);1,3-6,13-16,33H,2,7-12H2,(H2,29,31,34,35)/b31-15+;31-17+;32-13+;32-15+. The van der Waals surface area contributed by atoms with Crippen LogP contribution in [0.1, 0.15) is 83.1 Å². The number of ether oxygens (including phenoxy) is 4. The van der Waals surface area contributed by atoms with E-state index in [1.54, 1.807) is 60.7 Å². The molecule has 4 aromatic carbocycles. The van der Waals surface area contributed by atoms with Gasteiger partial charge in [-0.2, -0.15) is 93.0 Å². The van der Waals surface area contributed by atoms with Crippen molar-refractivity contribution in [2.45, 2.75) is 77.4 Å². The Labute approximate surface area is 842 Å². The van der Waals surface area contributed by atoms with Gasteiger partial charge in [0.05, 0.1) is 182 Å². The number of hydrazone groups is 4. The van der Waals surface area contributed by atoms with E-state index in [0.717, 1.165) is 216 Å². The van der Waals surface area contributed by atoms with Crippen LogP contribution < -0.4 is 64.2 Å². The number of aryl methyl sites for hydroxylation is 2. The summed E-state index contributed by atoms with van der Waals surface area (Å²) in [6.45, 7) is 25.7. The van der Waals surface area contributed by atoms with E-state index in [4.69, 9.17) is 18.9 Å². The molecule has 2 unspecified atom stereocenters. The van der Waals surface area contributed by atoms with Crippen LogP contribution in [0.4, 0.5) is 154 Å². The van der Waals surface area contributed by atoms with Crippen molar-refractivity contribution in [3.8, 4) is 0 Å². The van der Waals surface area contributed by atoms with Crippen LogP contribution in [0.25, 0.3) is 0 Å². The lowest BCUT2D eigenvalue weighted by Gasteiger charge is -2.31. The summed E-state index contributed by atoms with van der Waals surface area (Å²) >= 11 is 0. The lowest BCUT2D eigenvalue weighted by molar-refractivity contribution is -0.138. The Morgan fingerprint density at radius 3 is 0.946 bits per heavy atom. The third-order valence-corrected chi connectivity index (χ3v) is 21.9. The molecule has 12 N–H and O–H groups in total. The van der Waals surface area contributed by atoms with Crippen molar-refractivity contribution in [1.29, 1.82) is 0 Å². The van der Waals surface area contributed by atoms with Gasteiger partial charge in [-0.3, -0.25) is 39.5 Å². The van der Waals surface area contributed by atoms with Gasteiger partial charge in [0.2, 0.25) is 23.8 Å². The number of nitrogens with one attached hydrogen (secondary N) is 12. The monoisotopic (exact) mass is 2060 g/mol. The molecule has 4 aliphatic rings. The molecule has 4 aliphatic heterocycles. The fourth-order valence-corrected chi connectivity index (χ4v) is 14.7. The number of aromatic nitrogens is 12. The molecule has 4 saturated heterocycles. The molecule has 0 spiro atoms. The number of halogens is 14. The molecule has 12 heterocycles. The van der Waals surface area contributed by atoms with Crippen molar-refractivity contribution in [2.75, 3.05) is 209 Å². The summed E-state index contributed by atoms with van der Waals surface area (Å²) in [5.74, 6) is 1.34. The highest BCUT2D eigenvalue weighted by molar-refractivity contribution is 5.81. The van der Waals surface area contributed by atoms with E-state index in [9.17, 15) is 61.5 Å². The Morgan fingerprint density at radius 1 is 0.324 bits per heavy atom. The average Bonchev–Trinajstić information content (AvgIpc) is 0.858. The molecule has 12 aromatic rings. The van der Waals surface area contributed by atoms with Gasteiger partial charge in [-0.15, -0.1) is 0 Å². The SMILES string of the molecule is CC1CN(CCNc2nc(N/N=C/c3ccc(Nc4cccc(C(F)(F)F)c4)cn3)ncc2F)CCO1.Cc1cc(NCCCN2CCOCC2)nc(N/N=C/c2ccc(Nc3cccc(C(F)(F)F)c3)cn2)n1.Cc1cc(NCCN2CCOC(C)C2)nc(N/N=C/c2ccc(Nc3cccc(C(F)(F)F)c3)cn2)n1.Fc1cnc(N/N=C/c2ccc(Nc3cccc(C(F)(F)F)c3)cn2)nc1NCCCN1CCOCC1. The molecule has 0 bridgehead atoms. The van der Waals surface area contributed by atoms with Gasteiger partial charge in [0, 0.05) is 138 Å². The van der Waals surface area contributed by atoms with Crippen LogP contribution in [0.5, 0.6) is 0 Å². The van der Waals surface area contributed by atoms with Crippen LogP contribution in [-0.2, 0) is 43.7 Å². The molecule has 2 atom stereocenters. The van der Waals surface area contributed by atoms with Crippen molar-refractivity contribution in [3.63, 3.8) is 0 Å². The maximum atomic E-state index is 14.1. The van der Waals surface area contributed by atoms with Gasteiger partial charge in [0.25, 0.3) is 0 Å². The number of morpholine rings is 4. The first-order valence-electron chi connectivity index (χ1n) is 47.0. The second-order valence-corrected chi connectivity index (χ2v) is 33.7. The van der Waals surface area contributed by atoms with Gasteiger partial charge in [0.15, 0.2) is 23.3 Å². The zero-order chi connectivity index (χ0) is 105. The summed E-state index contributed by atoms with van der Waals surface area (Å²) in [6.07, 6.45) is -1.47. The van der Waals surface area contributed by atoms with Gasteiger partial charge in [-0.25, -0.2) is 50.4 Å². The Kier molecular flexibility index (Phi) is 40.7. The van der Waals surface area contributed by atoms with Crippen molar-refractivity contribution in [3.05, 3.63) is 263 Å². The molecule has 16 rings (SSSR count). The molecule has 0 aliphatic carbocycles. The molecule has 0 radical (unpaired) electrons. The van der Waals surface area contributed by atoms with Crippen molar-refractivity contribution in [1.82, 2.24) is 79.4 Å². The topological polar surface area (TPSA) is 398 Å².